The molecule has 0 spiro atoms. The van der Waals surface area contributed by atoms with Crippen LogP contribution in [-0.4, -0.2) is 11.3 Å². The van der Waals surface area contributed by atoms with Crippen molar-refractivity contribution in [2.75, 3.05) is 0 Å². The van der Waals surface area contributed by atoms with Gasteiger partial charge in [0.05, 0.1) is 0 Å². The van der Waals surface area contributed by atoms with Crippen LogP contribution in [0.5, 0.6) is 0 Å². The van der Waals surface area contributed by atoms with Crippen molar-refractivity contribution in [2.45, 2.75) is 32.5 Å². The average Bonchev–Trinajstić information content (AvgIpc) is 2.24. The number of aliphatic hydroxyl groups is 1. The van der Waals surface area contributed by atoms with Crippen LogP contribution in [0.1, 0.15) is 26.3 Å². The Hall–Kier alpha value is -1.47. The van der Waals surface area contributed by atoms with Crippen LogP contribution in [0.25, 0.3) is 0 Å². The summed E-state index contributed by atoms with van der Waals surface area (Å²) in [6, 6.07) is 6.88. The van der Waals surface area contributed by atoms with E-state index in [0.29, 0.717) is 0 Å². The molecule has 0 saturated carbocycles. The average molecular weight is 256 g/mol. The molecule has 1 N–H and O–H groups in total. The molecule has 18 heavy (non-hydrogen) atoms. The maximum Gasteiger partial charge on any atom is 0.433 e. The number of rotatable bonds is 1. The number of hydrogen-bond acceptors (Lipinski definition) is 1. The largest absolute Gasteiger partial charge is 0.433 e. The maximum absolute atomic E-state index is 13.0. The molecular formula is C14H15F3O. The van der Waals surface area contributed by atoms with E-state index < -0.39 is 17.2 Å². The number of benzene rings is 1. The molecule has 1 aromatic carbocycles. The highest BCUT2D eigenvalue weighted by Crippen LogP contribution is 2.38. The summed E-state index contributed by atoms with van der Waals surface area (Å²) in [5.74, 6) is 4.42. The van der Waals surface area contributed by atoms with Gasteiger partial charge in [0, 0.05) is 11.0 Å². The predicted molar refractivity (Wildman–Crippen MR) is 63.6 cm³/mol. The van der Waals surface area contributed by atoms with E-state index in [9.17, 15) is 18.3 Å². The fourth-order valence-corrected chi connectivity index (χ4v) is 1.26. The lowest BCUT2D eigenvalue weighted by molar-refractivity contribution is -0.240. The van der Waals surface area contributed by atoms with Crippen molar-refractivity contribution in [3.05, 3.63) is 35.9 Å². The standard InChI is InChI=1S/C14H15F3O/c1-12(2,3)9-10-13(18,14(15,16)17)11-7-5-4-6-8-11/h4-8,18H,1-3H3/t13-/m0/s1. The summed E-state index contributed by atoms with van der Waals surface area (Å²) in [4.78, 5) is 0. The summed E-state index contributed by atoms with van der Waals surface area (Å²) < 4.78 is 39.0. The molecule has 0 saturated heterocycles. The Morgan fingerprint density at radius 1 is 0.944 bits per heavy atom. The van der Waals surface area contributed by atoms with E-state index in [4.69, 9.17) is 0 Å². The first-order valence-electron chi connectivity index (χ1n) is 5.45. The second-order valence-corrected chi connectivity index (χ2v) is 5.07. The van der Waals surface area contributed by atoms with Gasteiger partial charge in [0.1, 0.15) is 0 Å². The molecular weight excluding hydrogens is 241 g/mol. The Morgan fingerprint density at radius 2 is 1.44 bits per heavy atom. The molecule has 0 bridgehead atoms. The van der Waals surface area contributed by atoms with E-state index >= 15 is 0 Å². The second kappa shape index (κ2) is 4.66. The van der Waals surface area contributed by atoms with Gasteiger partial charge in [0.25, 0.3) is 0 Å². The van der Waals surface area contributed by atoms with Crippen LogP contribution in [0.2, 0.25) is 0 Å². The van der Waals surface area contributed by atoms with E-state index in [1.165, 1.54) is 24.3 Å². The minimum atomic E-state index is -4.84. The van der Waals surface area contributed by atoms with Gasteiger partial charge < -0.3 is 5.11 Å². The third-order valence-electron chi connectivity index (χ3n) is 2.22. The van der Waals surface area contributed by atoms with Crippen LogP contribution in [0, 0.1) is 17.3 Å². The molecule has 0 aliphatic rings. The highest BCUT2D eigenvalue weighted by molar-refractivity contribution is 5.34. The van der Waals surface area contributed by atoms with E-state index in [1.807, 2.05) is 5.92 Å². The summed E-state index contributed by atoms with van der Waals surface area (Å²) in [7, 11) is 0. The lowest BCUT2D eigenvalue weighted by Crippen LogP contribution is -2.41. The minimum absolute atomic E-state index is 0.269. The third kappa shape index (κ3) is 3.27. The van der Waals surface area contributed by atoms with Crippen LogP contribution in [0.4, 0.5) is 13.2 Å². The quantitative estimate of drug-likeness (QED) is 0.763. The molecule has 0 aliphatic heterocycles. The Bertz CT molecular complexity index is 460. The first-order chi connectivity index (χ1) is 8.06. The summed E-state index contributed by atoms with van der Waals surface area (Å²) in [5.41, 5.74) is -4.01. The van der Waals surface area contributed by atoms with E-state index in [1.54, 1.807) is 26.8 Å². The van der Waals surface area contributed by atoms with Crippen molar-refractivity contribution in [2.24, 2.45) is 5.41 Å². The van der Waals surface area contributed by atoms with Gasteiger partial charge in [0.2, 0.25) is 5.60 Å². The molecule has 1 atom stereocenters. The monoisotopic (exact) mass is 256 g/mol. The molecule has 1 rings (SSSR count). The Labute approximate surface area is 105 Å². The summed E-state index contributed by atoms with van der Waals surface area (Å²) in [6.45, 7) is 5.05. The normalized spacial score (nSPS) is 15.5. The van der Waals surface area contributed by atoms with Crippen LogP contribution >= 0.6 is 0 Å². The summed E-state index contributed by atoms with van der Waals surface area (Å²) in [6.07, 6.45) is -4.84. The molecule has 0 fully saturated rings. The zero-order chi connectivity index (χ0) is 14.0. The molecule has 0 unspecified atom stereocenters. The predicted octanol–water partition coefficient (Wildman–Crippen LogP) is 3.49. The van der Waals surface area contributed by atoms with Gasteiger partial charge in [-0.15, -0.1) is 0 Å². The van der Waals surface area contributed by atoms with Gasteiger partial charge in [-0.25, -0.2) is 0 Å². The summed E-state index contributed by atoms with van der Waals surface area (Å²) in [5, 5.41) is 9.88. The highest BCUT2D eigenvalue weighted by Gasteiger charge is 2.54. The second-order valence-electron chi connectivity index (χ2n) is 5.07. The van der Waals surface area contributed by atoms with Crippen molar-refractivity contribution in [3.8, 4) is 11.8 Å². The van der Waals surface area contributed by atoms with E-state index in [-0.39, 0.29) is 5.56 Å². The van der Waals surface area contributed by atoms with Crippen LogP contribution in [-0.2, 0) is 5.60 Å². The number of hydrogen-bond donors (Lipinski definition) is 1. The first kappa shape index (κ1) is 14.6. The van der Waals surface area contributed by atoms with Crippen LogP contribution < -0.4 is 0 Å². The Kier molecular flexibility index (Phi) is 3.78. The van der Waals surface area contributed by atoms with Crippen molar-refractivity contribution < 1.29 is 18.3 Å². The van der Waals surface area contributed by atoms with Crippen LogP contribution in [0.3, 0.4) is 0 Å². The zero-order valence-electron chi connectivity index (χ0n) is 10.5. The Morgan fingerprint density at radius 3 is 1.83 bits per heavy atom. The lowest BCUT2D eigenvalue weighted by Gasteiger charge is -2.26. The minimum Gasteiger partial charge on any atom is -0.366 e. The van der Waals surface area contributed by atoms with Gasteiger partial charge in [-0.1, -0.05) is 42.2 Å². The number of alkyl halides is 3. The molecule has 1 nitrogen and oxygen atoms in total. The molecule has 0 aliphatic carbocycles. The molecule has 1 aromatic rings. The molecule has 0 radical (unpaired) electrons. The van der Waals surface area contributed by atoms with Crippen molar-refractivity contribution in [3.63, 3.8) is 0 Å². The lowest BCUT2D eigenvalue weighted by atomic mass is 9.90. The SMILES string of the molecule is CC(C)(C)C#C[C@](O)(c1ccccc1)C(F)(F)F. The maximum atomic E-state index is 13.0. The van der Waals surface area contributed by atoms with Gasteiger partial charge >= 0.3 is 6.18 Å². The van der Waals surface area contributed by atoms with E-state index in [0.717, 1.165) is 0 Å². The first-order valence-corrected chi connectivity index (χ1v) is 5.45. The zero-order valence-corrected chi connectivity index (χ0v) is 10.5. The number of halogens is 3. The molecule has 0 amide bonds. The van der Waals surface area contributed by atoms with Gasteiger partial charge in [-0.3, -0.25) is 0 Å². The highest BCUT2D eigenvalue weighted by atomic mass is 19.4. The third-order valence-corrected chi connectivity index (χ3v) is 2.22. The van der Waals surface area contributed by atoms with Crippen LogP contribution in [0.15, 0.2) is 30.3 Å². The van der Waals surface area contributed by atoms with Crippen molar-refractivity contribution >= 4 is 0 Å². The van der Waals surface area contributed by atoms with Crippen molar-refractivity contribution in [1.82, 2.24) is 0 Å². The van der Waals surface area contributed by atoms with Gasteiger partial charge in [-0.05, 0) is 20.8 Å². The van der Waals surface area contributed by atoms with E-state index in [2.05, 4.69) is 5.92 Å². The topological polar surface area (TPSA) is 20.2 Å². The fraction of sp³-hybridized carbons (Fsp3) is 0.429. The molecule has 0 heterocycles. The molecule has 4 heteroatoms. The fourth-order valence-electron chi connectivity index (χ4n) is 1.26. The summed E-state index contributed by atoms with van der Waals surface area (Å²) >= 11 is 0. The smallest absolute Gasteiger partial charge is 0.366 e. The van der Waals surface area contributed by atoms with Crippen molar-refractivity contribution in [1.29, 1.82) is 0 Å². The van der Waals surface area contributed by atoms with Gasteiger partial charge in [-0.2, -0.15) is 13.2 Å². The van der Waals surface area contributed by atoms with Gasteiger partial charge in [0.15, 0.2) is 0 Å². The Balaban J connectivity index is 3.33. The molecule has 0 aromatic heterocycles. The molecule has 98 valence electrons.